The van der Waals surface area contributed by atoms with Gasteiger partial charge in [0.1, 0.15) is 0 Å². The van der Waals surface area contributed by atoms with E-state index in [0.29, 0.717) is 10.9 Å². The van der Waals surface area contributed by atoms with Crippen molar-refractivity contribution >= 4 is 11.8 Å². The highest BCUT2D eigenvalue weighted by Crippen LogP contribution is 2.27. The van der Waals surface area contributed by atoms with E-state index < -0.39 is 0 Å². The van der Waals surface area contributed by atoms with Crippen molar-refractivity contribution in [3.8, 4) is 0 Å². The standard InChI is InChI=1S/C7H14OS/c1-7(2,3)9-5-6-4-8-6/h6H,4-5H2,1-3H3. The van der Waals surface area contributed by atoms with Gasteiger partial charge in [0.2, 0.25) is 0 Å². The number of thioether (sulfide) groups is 1. The van der Waals surface area contributed by atoms with E-state index in [-0.39, 0.29) is 0 Å². The van der Waals surface area contributed by atoms with Crippen molar-refractivity contribution < 1.29 is 4.74 Å². The maximum atomic E-state index is 5.08. The van der Waals surface area contributed by atoms with Crippen molar-refractivity contribution in [1.82, 2.24) is 0 Å². The van der Waals surface area contributed by atoms with Crippen molar-refractivity contribution in [3.05, 3.63) is 0 Å². The lowest BCUT2D eigenvalue weighted by Gasteiger charge is -2.15. The van der Waals surface area contributed by atoms with Gasteiger partial charge < -0.3 is 4.74 Å². The summed E-state index contributed by atoms with van der Waals surface area (Å²) in [6.07, 6.45) is 0.578. The van der Waals surface area contributed by atoms with Gasteiger partial charge in [0.05, 0.1) is 12.7 Å². The molecule has 1 saturated heterocycles. The lowest BCUT2D eigenvalue weighted by molar-refractivity contribution is 0.425. The molecule has 0 amide bonds. The quantitative estimate of drug-likeness (QED) is 0.552. The SMILES string of the molecule is CC(C)(C)SCC1CO1. The highest BCUT2D eigenvalue weighted by molar-refractivity contribution is 8.00. The molecule has 1 aliphatic heterocycles. The predicted molar refractivity (Wildman–Crippen MR) is 42.0 cm³/mol. The van der Waals surface area contributed by atoms with Crippen molar-refractivity contribution in [3.63, 3.8) is 0 Å². The van der Waals surface area contributed by atoms with E-state index in [1.54, 1.807) is 0 Å². The average molecular weight is 146 g/mol. The Morgan fingerprint density at radius 1 is 1.56 bits per heavy atom. The van der Waals surface area contributed by atoms with Gasteiger partial charge in [-0.05, 0) is 0 Å². The Hall–Kier alpha value is 0.310. The van der Waals surface area contributed by atoms with Gasteiger partial charge in [0, 0.05) is 10.5 Å². The Bertz CT molecular complexity index is 91.6. The van der Waals surface area contributed by atoms with Gasteiger partial charge in [-0.1, -0.05) is 20.8 Å². The summed E-state index contributed by atoms with van der Waals surface area (Å²) in [5, 5.41) is 0. The molecule has 2 heteroatoms. The third-order valence-electron chi connectivity index (χ3n) is 1.10. The first-order valence-electron chi connectivity index (χ1n) is 3.33. The molecule has 54 valence electrons. The van der Waals surface area contributed by atoms with Crippen LogP contribution in [0.4, 0.5) is 0 Å². The largest absolute Gasteiger partial charge is 0.372 e. The zero-order chi connectivity index (χ0) is 6.91. The van der Waals surface area contributed by atoms with Crippen LogP contribution in [0, 0.1) is 0 Å². The third-order valence-corrected chi connectivity index (χ3v) is 2.51. The van der Waals surface area contributed by atoms with Gasteiger partial charge in [0.15, 0.2) is 0 Å². The van der Waals surface area contributed by atoms with Gasteiger partial charge in [-0.2, -0.15) is 11.8 Å². The second-order valence-corrected chi connectivity index (χ2v) is 5.23. The van der Waals surface area contributed by atoms with Crippen LogP contribution in [0.1, 0.15) is 20.8 Å². The fourth-order valence-corrected chi connectivity index (χ4v) is 1.39. The fraction of sp³-hybridized carbons (Fsp3) is 1.00. The minimum atomic E-state index is 0.409. The summed E-state index contributed by atoms with van der Waals surface area (Å²) in [6, 6.07) is 0. The molecule has 1 rings (SSSR count). The molecule has 0 saturated carbocycles. The molecule has 1 unspecified atom stereocenters. The second-order valence-electron chi connectivity index (χ2n) is 3.38. The van der Waals surface area contributed by atoms with Crippen molar-refractivity contribution in [2.45, 2.75) is 31.6 Å². The summed E-state index contributed by atoms with van der Waals surface area (Å²) in [4.78, 5) is 0. The van der Waals surface area contributed by atoms with Crippen LogP contribution in [-0.4, -0.2) is 23.2 Å². The van der Waals surface area contributed by atoms with E-state index in [0.717, 1.165) is 6.61 Å². The zero-order valence-electron chi connectivity index (χ0n) is 6.31. The number of epoxide rings is 1. The molecule has 9 heavy (non-hydrogen) atoms. The van der Waals surface area contributed by atoms with E-state index in [1.165, 1.54) is 5.75 Å². The van der Waals surface area contributed by atoms with Gasteiger partial charge >= 0.3 is 0 Å². The Labute approximate surface area is 61.2 Å². The zero-order valence-corrected chi connectivity index (χ0v) is 7.12. The summed E-state index contributed by atoms with van der Waals surface area (Å²) in [5.41, 5.74) is 0. The molecule has 0 aromatic rings. The van der Waals surface area contributed by atoms with Crippen LogP contribution in [0.25, 0.3) is 0 Å². The van der Waals surface area contributed by atoms with Crippen LogP contribution in [0.15, 0.2) is 0 Å². The van der Waals surface area contributed by atoms with Gasteiger partial charge in [-0.3, -0.25) is 0 Å². The summed E-state index contributed by atoms with van der Waals surface area (Å²) in [7, 11) is 0. The topological polar surface area (TPSA) is 12.5 Å². The molecule has 0 radical (unpaired) electrons. The molecule has 1 fully saturated rings. The molecule has 0 N–H and O–H groups in total. The molecule has 0 aliphatic carbocycles. The maximum Gasteiger partial charge on any atom is 0.0900 e. The minimum Gasteiger partial charge on any atom is -0.372 e. The Morgan fingerprint density at radius 2 is 2.11 bits per heavy atom. The van der Waals surface area contributed by atoms with E-state index in [4.69, 9.17) is 4.74 Å². The summed E-state index contributed by atoms with van der Waals surface area (Å²) in [6.45, 7) is 7.70. The molecule has 1 aliphatic rings. The number of hydrogen-bond acceptors (Lipinski definition) is 2. The lowest BCUT2D eigenvalue weighted by Crippen LogP contribution is -2.10. The van der Waals surface area contributed by atoms with Crippen LogP contribution in [0.5, 0.6) is 0 Å². The maximum absolute atomic E-state index is 5.08. The smallest absolute Gasteiger partial charge is 0.0900 e. The molecule has 1 atom stereocenters. The molecule has 1 heterocycles. The number of rotatable bonds is 2. The lowest BCUT2D eigenvalue weighted by atomic mass is 10.3. The minimum absolute atomic E-state index is 0.409. The number of hydrogen-bond donors (Lipinski definition) is 0. The Kier molecular flexibility index (Phi) is 2.07. The first-order chi connectivity index (χ1) is 4.08. The molecular formula is C7H14OS. The first kappa shape index (κ1) is 7.42. The fourth-order valence-electron chi connectivity index (χ4n) is 0.507. The molecule has 0 aromatic carbocycles. The molecular weight excluding hydrogens is 132 g/mol. The van der Waals surface area contributed by atoms with Crippen molar-refractivity contribution in [2.24, 2.45) is 0 Å². The highest BCUT2D eigenvalue weighted by Gasteiger charge is 2.24. The second kappa shape index (κ2) is 2.51. The normalized spacial score (nSPS) is 26.3. The van der Waals surface area contributed by atoms with Crippen LogP contribution in [-0.2, 0) is 4.74 Å². The first-order valence-corrected chi connectivity index (χ1v) is 4.32. The van der Waals surface area contributed by atoms with E-state index in [1.807, 2.05) is 11.8 Å². The van der Waals surface area contributed by atoms with Crippen LogP contribution < -0.4 is 0 Å². The van der Waals surface area contributed by atoms with E-state index >= 15 is 0 Å². The predicted octanol–water partition coefficient (Wildman–Crippen LogP) is 1.92. The molecule has 0 spiro atoms. The van der Waals surface area contributed by atoms with Gasteiger partial charge in [0.25, 0.3) is 0 Å². The Morgan fingerprint density at radius 3 is 2.44 bits per heavy atom. The monoisotopic (exact) mass is 146 g/mol. The summed E-state index contributed by atoms with van der Waals surface area (Å²) < 4.78 is 5.49. The highest BCUT2D eigenvalue weighted by atomic mass is 32.2. The Balaban J connectivity index is 2.03. The van der Waals surface area contributed by atoms with E-state index in [9.17, 15) is 0 Å². The molecule has 0 aromatic heterocycles. The molecule has 0 bridgehead atoms. The average Bonchev–Trinajstić information content (AvgIpc) is 2.38. The van der Waals surface area contributed by atoms with Crippen LogP contribution in [0.2, 0.25) is 0 Å². The third kappa shape index (κ3) is 3.82. The van der Waals surface area contributed by atoms with Crippen LogP contribution in [0.3, 0.4) is 0 Å². The van der Waals surface area contributed by atoms with Gasteiger partial charge in [-0.15, -0.1) is 0 Å². The summed E-state index contributed by atoms with van der Waals surface area (Å²) in [5.74, 6) is 1.17. The van der Waals surface area contributed by atoms with E-state index in [2.05, 4.69) is 20.8 Å². The summed E-state index contributed by atoms with van der Waals surface area (Å²) >= 11 is 1.98. The van der Waals surface area contributed by atoms with Crippen molar-refractivity contribution in [1.29, 1.82) is 0 Å². The van der Waals surface area contributed by atoms with Crippen LogP contribution >= 0.6 is 11.8 Å². The number of ether oxygens (including phenoxy) is 1. The van der Waals surface area contributed by atoms with Gasteiger partial charge in [-0.25, -0.2) is 0 Å². The van der Waals surface area contributed by atoms with Crippen molar-refractivity contribution in [2.75, 3.05) is 12.4 Å². The molecule has 1 nitrogen and oxygen atoms in total.